The molecule has 0 heterocycles. The fourth-order valence-electron chi connectivity index (χ4n) is 2.92. The number of ether oxygens (including phenoxy) is 4. The summed E-state index contributed by atoms with van der Waals surface area (Å²) in [4.78, 5) is 30.6. The summed E-state index contributed by atoms with van der Waals surface area (Å²) >= 11 is 0. The number of benzene rings is 2. The highest BCUT2D eigenvalue weighted by molar-refractivity contribution is 5.94. The largest absolute Gasteiger partial charge is 0.457 e. The van der Waals surface area contributed by atoms with Gasteiger partial charge in [0, 0.05) is 25.2 Å². The van der Waals surface area contributed by atoms with Gasteiger partial charge in [0.1, 0.15) is 18.3 Å². The molecule has 0 aromatic heterocycles. The molecule has 0 saturated heterocycles. The van der Waals surface area contributed by atoms with Crippen LogP contribution in [0.4, 0.5) is 0 Å². The summed E-state index contributed by atoms with van der Waals surface area (Å²) in [6.45, 7) is 7.76. The van der Waals surface area contributed by atoms with Crippen LogP contribution >= 0.6 is 0 Å². The maximum atomic E-state index is 12.9. The molecule has 2 amide bonds. The van der Waals surface area contributed by atoms with Crippen LogP contribution < -0.4 is 15.5 Å². The Morgan fingerprint density at radius 1 is 0.971 bits per heavy atom. The number of para-hydroxylation sites is 1. The van der Waals surface area contributed by atoms with Gasteiger partial charge in [-0.2, -0.15) is 0 Å². The SMILES string of the molecule is CCOCOCC(CC(C)C(=O)NOC(C)(C)OC)NC(=O)c1ccc(Oc2ccccc2)cc1. The van der Waals surface area contributed by atoms with Gasteiger partial charge in [-0.05, 0) is 63.6 Å². The highest BCUT2D eigenvalue weighted by Crippen LogP contribution is 2.21. The molecule has 0 spiro atoms. The maximum Gasteiger partial charge on any atom is 0.251 e. The summed E-state index contributed by atoms with van der Waals surface area (Å²) in [7, 11) is 1.48. The fourth-order valence-corrected chi connectivity index (χ4v) is 2.92. The van der Waals surface area contributed by atoms with Crippen molar-refractivity contribution in [3.8, 4) is 11.5 Å². The maximum absolute atomic E-state index is 12.9. The van der Waals surface area contributed by atoms with Crippen LogP contribution in [-0.2, 0) is 23.8 Å². The van der Waals surface area contributed by atoms with Gasteiger partial charge in [0.2, 0.25) is 5.91 Å². The number of carbonyl (C=O) groups is 2. The summed E-state index contributed by atoms with van der Waals surface area (Å²) in [6.07, 6.45) is 0.329. The zero-order chi connectivity index (χ0) is 25.7. The van der Waals surface area contributed by atoms with Crippen LogP contribution in [0.5, 0.6) is 11.5 Å². The molecule has 2 rings (SSSR count). The van der Waals surface area contributed by atoms with Gasteiger partial charge in [-0.1, -0.05) is 25.1 Å². The Hall–Kier alpha value is -2.98. The van der Waals surface area contributed by atoms with E-state index >= 15 is 0 Å². The van der Waals surface area contributed by atoms with Crippen molar-refractivity contribution in [2.45, 2.75) is 45.9 Å². The van der Waals surface area contributed by atoms with E-state index in [0.717, 1.165) is 0 Å². The van der Waals surface area contributed by atoms with E-state index < -0.39 is 17.7 Å². The molecule has 0 bridgehead atoms. The Morgan fingerprint density at radius 3 is 2.26 bits per heavy atom. The van der Waals surface area contributed by atoms with Crippen LogP contribution in [0.3, 0.4) is 0 Å². The molecule has 2 aromatic rings. The zero-order valence-electron chi connectivity index (χ0n) is 21.0. The Bertz CT molecular complexity index is 904. The van der Waals surface area contributed by atoms with Crippen LogP contribution in [0.15, 0.2) is 54.6 Å². The average molecular weight is 489 g/mol. The minimum Gasteiger partial charge on any atom is -0.457 e. The lowest BCUT2D eigenvalue weighted by atomic mass is 10.0. The summed E-state index contributed by atoms with van der Waals surface area (Å²) < 4.78 is 21.6. The third-order valence-electron chi connectivity index (χ3n) is 5.10. The smallest absolute Gasteiger partial charge is 0.251 e. The number of hydrogen-bond acceptors (Lipinski definition) is 7. The highest BCUT2D eigenvalue weighted by Gasteiger charge is 2.24. The first-order chi connectivity index (χ1) is 16.7. The molecule has 2 N–H and O–H groups in total. The van der Waals surface area contributed by atoms with E-state index in [0.29, 0.717) is 30.1 Å². The summed E-state index contributed by atoms with van der Waals surface area (Å²) in [5, 5.41) is 2.94. The average Bonchev–Trinajstić information content (AvgIpc) is 2.86. The number of hydrogen-bond donors (Lipinski definition) is 2. The summed E-state index contributed by atoms with van der Waals surface area (Å²) in [6, 6.07) is 15.8. The lowest BCUT2D eigenvalue weighted by molar-refractivity contribution is -0.232. The monoisotopic (exact) mass is 488 g/mol. The van der Waals surface area contributed by atoms with E-state index in [1.807, 2.05) is 37.3 Å². The van der Waals surface area contributed by atoms with E-state index in [2.05, 4.69) is 10.8 Å². The Kier molecular flexibility index (Phi) is 11.6. The first kappa shape index (κ1) is 28.3. The Labute approximate surface area is 207 Å². The van der Waals surface area contributed by atoms with Crippen molar-refractivity contribution < 1.29 is 33.4 Å². The van der Waals surface area contributed by atoms with Gasteiger partial charge in [-0.15, -0.1) is 0 Å². The molecule has 2 aromatic carbocycles. The minimum absolute atomic E-state index is 0.0973. The third kappa shape index (κ3) is 10.4. The molecule has 9 heteroatoms. The number of nitrogens with one attached hydrogen (secondary N) is 2. The van der Waals surface area contributed by atoms with Gasteiger partial charge in [0.25, 0.3) is 5.91 Å². The van der Waals surface area contributed by atoms with E-state index in [4.69, 9.17) is 23.8 Å². The summed E-state index contributed by atoms with van der Waals surface area (Å²) in [5.41, 5.74) is 2.87. The van der Waals surface area contributed by atoms with Gasteiger partial charge in [-0.3, -0.25) is 9.59 Å². The fraction of sp³-hybridized carbons (Fsp3) is 0.462. The molecule has 0 aliphatic carbocycles. The van der Waals surface area contributed by atoms with Gasteiger partial charge in [0.05, 0.1) is 12.6 Å². The molecule has 0 radical (unpaired) electrons. The molecule has 0 aliphatic rings. The zero-order valence-corrected chi connectivity index (χ0v) is 21.0. The van der Waals surface area contributed by atoms with Crippen molar-refractivity contribution in [2.24, 2.45) is 5.92 Å². The lowest BCUT2D eigenvalue weighted by Gasteiger charge is -2.25. The van der Waals surface area contributed by atoms with Crippen molar-refractivity contribution in [3.05, 3.63) is 60.2 Å². The molecular weight excluding hydrogens is 452 g/mol. The van der Waals surface area contributed by atoms with Gasteiger partial charge >= 0.3 is 0 Å². The molecular formula is C26H36N2O7. The number of hydroxylamine groups is 1. The molecule has 9 nitrogen and oxygen atoms in total. The van der Waals surface area contributed by atoms with Gasteiger partial charge in [-0.25, -0.2) is 10.3 Å². The van der Waals surface area contributed by atoms with Crippen LogP contribution in [0.25, 0.3) is 0 Å². The van der Waals surface area contributed by atoms with Crippen LogP contribution in [-0.4, -0.2) is 50.8 Å². The standard InChI is InChI=1S/C26H36N2O7/c1-6-32-18-33-17-21(16-19(2)24(29)28-35-26(3,4)31-5)27-25(30)20-12-14-23(15-13-20)34-22-10-8-7-9-11-22/h7-15,19,21H,6,16-18H2,1-5H3,(H,27,30)(H,28,29). The molecule has 0 aliphatic heterocycles. The number of rotatable bonds is 15. The Balaban J connectivity index is 1.97. The van der Waals surface area contributed by atoms with Crippen molar-refractivity contribution >= 4 is 11.8 Å². The van der Waals surface area contributed by atoms with Crippen molar-refractivity contribution in [1.82, 2.24) is 10.8 Å². The Morgan fingerprint density at radius 2 is 1.63 bits per heavy atom. The molecule has 0 saturated carbocycles. The predicted molar refractivity (Wildman–Crippen MR) is 131 cm³/mol. The van der Waals surface area contributed by atoms with Crippen molar-refractivity contribution in [2.75, 3.05) is 27.1 Å². The first-order valence-corrected chi connectivity index (χ1v) is 11.6. The molecule has 0 fully saturated rings. The van der Waals surface area contributed by atoms with E-state index in [1.165, 1.54) is 7.11 Å². The van der Waals surface area contributed by atoms with Gasteiger partial charge < -0.3 is 24.3 Å². The topological polar surface area (TPSA) is 104 Å². The third-order valence-corrected chi connectivity index (χ3v) is 5.10. The second-order valence-electron chi connectivity index (χ2n) is 8.40. The van der Waals surface area contributed by atoms with Gasteiger partial charge in [0.15, 0.2) is 5.79 Å². The van der Waals surface area contributed by atoms with Crippen LogP contribution in [0, 0.1) is 5.92 Å². The molecule has 192 valence electrons. The number of amides is 2. The quantitative estimate of drug-likeness (QED) is 0.221. The molecule has 2 atom stereocenters. The second kappa shape index (κ2) is 14.4. The van der Waals surface area contributed by atoms with E-state index in [-0.39, 0.29) is 25.2 Å². The molecule has 35 heavy (non-hydrogen) atoms. The minimum atomic E-state index is -0.958. The van der Waals surface area contributed by atoms with E-state index in [9.17, 15) is 9.59 Å². The number of methoxy groups -OCH3 is 1. The first-order valence-electron chi connectivity index (χ1n) is 11.6. The molecule has 2 unspecified atom stereocenters. The highest BCUT2D eigenvalue weighted by atomic mass is 16.8. The van der Waals surface area contributed by atoms with Crippen molar-refractivity contribution in [3.63, 3.8) is 0 Å². The van der Waals surface area contributed by atoms with Crippen LogP contribution in [0.1, 0.15) is 44.5 Å². The van der Waals surface area contributed by atoms with Crippen LogP contribution in [0.2, 0.25) is 0 Å². The van der Waals surface area contributed by atoms with Crippen molar-refractivity contribution in [1.29, 1.82) is 0 Å². The number of carbonyl (C=O) groups excluding carboxylic acids is 2. The van der Waals surface area contributed by atoms with E-state index in [1.54, 1.807) is 45.0 Å². The predicted octanol–water partition coefficient (Wildman–Crippen LogP) is 4.04. The normalized spacial score (nSPS) is 13.1. The second-order valence-corrected chi connectivity index (χ2v) is 8.40. The lowest BCUT2D eigenvalue weighted by Crippen LogP contribution is -2.43. The summed E-state index contributed by atoms with van der Waals surface area (Å²) in [5.74, 6) is -0.715.